The van der Waals surface area contributed by atoms with Crippen LogP contribution in [0.15, 0.2) is 60.0 Å². The van der Waals surface area contributed by atoms with Crippen LogP contribution in [-0.2, 0) is 0 Å². The summed E-state index contributed by atoms with van der Waals surface area (Å²) in [6.07, 6.45) is 0. The Bertz CT molecular complexity index is 916. The number of hydrogen-bond donors (Lipinski definition) is 1. The van der Waals surface area contributed by atoms with Gasteiger partial charge in [-0.1, -0.05) is 24.3 Å². The lowest BCUT2D eigenvalue weighted by Gasteiger charge is -2.23. The Kier molecular flexibility index (Phi) is 5.39. The number of halogens is 2. The fraction of sp³-hybridized carbons (Fsp3) is 0.158. The Hall–Kier alpha value is -2.64. The molecule has 7 heteroatoms. The summed E-state index contributed by atoms with van der Waals surface area (Å²) in [6, 6.07) is 13.4. The zero-order valence-electron chi connectivity index (χ0n) is 13.9. The van der Waals surface area contributed by atoms with E-state index in [4.69, 9.17) is 0 Å². The third kappa shape index (κ3) is 3.95. The summed E-state index contributed by atoms with van der Waals surface area (Å²) in [5.41, 5.74) is 1.33. The zero-order chi connectivity index (χ0) is 18.7. The predicted octanol–water partition coefficient (Wildman–Crippen LogP) is 5.37. The minimum Gasteiger partial charge on any atom is -0.299 e. The molecule has 3 aromatic rings. The van der Waals surface area contributed by atoms with Crippen molar-refractivity contribution >= 4 is 17.0 Å². The summed E-state index contributed by atoms with van der Waals surface area (Å²) in [5, 5.41) is 16.4. The lowest BCUT2D eigenvalue weighted by molar-refractivity contribution is -0.384. The number of nitrogens with one attached hydrogen (secondary N) is 1. The lowest BCUT2D eigenvalue weighted by Crippen LogP contribution is -2.25. The number of nitro benzene ring substituents is 1. The van der Waals surface area contributed by atoms with E-state index in [1.54, 1.807) is 6.07 Å². The molecule has 1 aromatic heterocycles. The molecule has 0 aliphatic carbocycles. The van der Waals surface area contributed by atoms with E-state index in [9.17, 15) is 18.9 Å². The molecule has 3 rings (SSSR count). The minimum absolute atomic E-state index is 0.00587. The van der Waals surface area contributed by atoms with E-state index in [2.05, 4.69) is 5.32 Å². The Balaban J connectivity index is 1.93. The molecule has 1 heterocycles. The van der Waals surface area contributed by atoms with E-state index in [0.717, 1.165) is 22.6 Å². The van der Waals surface area contributed by atoms with Gasteiger partial charge in [0.1, 0.15) is 0 Å². The summed E-state index contributed by atoms with van der Waals surface area (Å²) in [6.45, 7) is 1.84. The van der Waals surface area contributed by atoms with Crippen LogP contribution in [0.1, 0.15) is 35.0 Å². The van der Waals surface area contributed by atoms with Gasteiger partial charge in [0, 0.05) is 23.1 Å². The maximum atomic E-state index is 13.5. The van der Waals surface area contributed by atoms with E-state index in [0.29, 0.717) is 5.56 Å². The molecule has 0 aliphatic rings. The molecule has 26 heavy (non-hydrogen) atoms. The summed E-state index contributed by atoms with van der Waals surface area (Å²) in [5.74, 6) is -1.80. The standard InChI is InChI=1S/C19H16F2N2O2S/c1-12(13-7-8-16(20)17(21)11-13)22-19(18-6-3-9-26-18)14-4-2-5-15(10-14)23(24)25/h2-12,19,22H,1H3. The highest BCUT2D eigenvalue weighted by Gasteiger charge is 2.21. The van der Waals surface area contributed by atoms with Crippen LogP contribution in [-0.4, -0.2) is 4.92 Å². The van der Waals surface area contributed by atoms with Crippen LogP contribution in [0, 0.1) is 21.7 Å². The van der Waals surface area contributed by atoms with E-state index < -0.39 is 16.6 Å². The number of thiophene rings is 1. The highest BCUT2D eigenvalue weighted by Crippen LogP contribution is 2.31. The normalized spacial score (nSPS) is 13.3. The van der Waals surface area contributed by atoms with Crippen molar-refractivity contribution in [2.45, 2.75) is 19.0 Å². The molecule has 2 atom stereocenters. The van der Waals surface area contributed by atoms with Crippen LogP contribution in [0.3, 0.4) is 0 Å². The van der Waals surface area contributed by atoms with Gasteiger partial charge < -0.3 is 0 Å². The molecular formula is C19H16F2N2O2S. The molecule has 0 bridgehead atoms. The largest absolute Gasteiger partial charge is 0.299 e. The van der Waals surface area contributed by atoms with Crippen LogP contribution in [0.5, 0.6) is 0 Å². The third-order valence-corrected chi connectivity index (χ3v) is 5.04. The number of benzene rings is 2. The molecule has 2 aromatic carbocycles. The van der Waals surface area contributed by atoms with Gasteiger partial charge in [-0.2, -0.15) is 0 Å². The highest BCUT2D eigenvalue weighted by atomic mass is 32.1. The maximum absolute atomic E-state index is 13.5. The zero-order valence-corrected chi connectivity index (χ0v) is 14.7. The molecule has 2 unspecified atom stereocenters. The fourth-order valence-corrected chi connectivity index (χ4v) is 3.56. The molecule has 134 valence electrons. The first-order valence-corrected chi connectivity index (χ1v) is 8.82. The average Bonchev–Trinajstić information content (AvgIpc) is 3.16. The summed E-state index contributed by atoms with van der Waals surface area (Å²) in [4.78, 5) is 11.6. The number of nitrogens with zero attached hydrogens (tertiary/aromatic N) is 1. The van der Waals surface area contributed by atoms with Gasteiger partial charge in [-0.3, -0.25) is 15.4 Å². The van der Waals surface area contributed by atoms with Crippen molar-refractivity contribution in [2.24, 2.45) is 0 Å². The van der Waals surface area contributed by atoms with Gasteiger partial charge in [0.25, 0.3) is 5.69 Å². The van der Waals surface area contributed by atoms with Crippen molar-refractivity contribution in [3.63, 3.8) is 0 Å². The van der Waals surface area contributed by atoms with E-state index in [1.165, 1.54) is 29.5 Å². The molecular weight excluding hydrogens is 358 g/mol. The second-order valence-corrected chi connectivity index (χ2v) is 6.84. The number of rotatable bonds is 6. The molecule has 0 amide bonds. The van der Waals surface area contributed by atoms with Crippen LogP contribution >= 0.6 is 11.3 Å². The number of hydrogen-bond acceptors (Lipinski definition) is 4. The van der Waals surface area contributed by atoms with E-state index in [-0.39, 0.29) is 17.8 Å². The first kappa shape index (κ1) is 18.2. The van der Waals surface area contributed by atoms with Gasteiger partial charge >= 0.3 is 0 Å². The number of non-ortho nitro benzene ring substituents is 1. The Labute approximate surface area is 153 Å². The Morgan fingerprint density at radius 1 is 1.04 bits per heavy atom. The average molecular weight is 374 g/mol. The van der Waals surface area contributed by atoms with Crippen LogP contribution in [0.25, 0.3) is 0 Å². The van der Waals surface area contributed by atoms with Gasteiger partial charge in [0.15, 0.2) is 11.6 Å². The molecule has 0 radical (unpaired) electrons. The van der Waals surface area contributed by atoms with Crippen molar-refractivity contribution in [3.8, 4) is 0 Å². The molecule has 0 aliphatic heterocycles. The van der Waals surface area contributed by atoms with E-state index in [1.807, 2.05) is 30.5 Å². The third-order valence-electron chi connectivity index (χ3n) is 4.10. The molecule has 0 saturated carbocycles. The van der Waals surface area contributed by atoms with Crippen molar-refractivity contribution in [1.82, 2.24) is 5.32 Å². The monoisotopic (exact) mass is 374 g/mol. The SMILES string of the molecule is CC(NC(c1cccc([N+](=O)[O-])c1)c1cccs1)c1ccc(F)c(F)c1. The van der Waals surface area contributed by atoms with Gasteiger partial charge in [0.05, 0.1) is 11.0 Å². The first-order chi connectivity index (χ1) is 12.5. The number of nitro groups is 1. The van der Waals surface area contributed by atoms with Gasteiger partial charge in [-0.15, -0.1) is 11.3 Å². The lowest BCUT2D eigenvalue weighted by atomic mass is 10.0. The Morgan fingerprint density at radius 3 is 2.50 bits per heavy atom. The fourth-order valence-electron chi connectivity index (χ4n) is 2.74. The summed E-state index contributed by atoms with van der Waals surface area (Å²) >= 11 is 1.52. The molecule has 1 N–H and O–H groups in total. The molecule has 4 nitrogen and oxygen atoms in total. The van der Waals surface area contributed by atoms with Crippen molar-refractivity contribution in [3.05, 3.63) is 97.7 Å². The van der Waals surface area contributed by atoms with Gasteiger partial charge in [-0.05, 0) is 41.6 Å². The van der Waals surface area contributed by atoms with Gasteiger partial charge in [-0.25, -0.2) is 8.78 Å². The maximum Gasteiger partial charge on any atom is 0.269 e. The highest BCUT2D eigenvalue weighted by molar-refractivity contribution is 7.10. The quantitative estimate of drug-likeness (QED) is 0.466. The van der Waals surface area contributed by atoms with E-state index >= 15 is 0 Å². The Morgan fingerprint density at radius 2 is 1.85 bits per heavy atom. The van der Waals surface area contributed by atoms with Gasteiger partial charge in [0.2, 0.25) is 0 Å². The van der Waals surface area contributed by atoms with Crippen LogP contribution < -0.4 is 5.32 Å². The first-order valence-electron chi connectivity index (χ1n) is 7.94. The van der Waals surface area contributed by atoms with Crippen LogP contribution in [0.4, 0.5) is 14.5 Å². The second kappa shape index (κ2) is 7.72. The molecule has 0 saturated heterocycles. The second-order valence-electron chi connectivity index (χ2n) is 5.86. The van der Waals surface area contributed by atoms with Crippen molar-refractivity contribution < 1.29 is 13.7 Å². The topological polar surface area (TPSA) is 55.2 Å². The summed E-state index contributed by atoms with van der Waals surface area (Å²) < 4.78 is 26.7. The van der Waals surface area contributed by atoms with Crippen molar-refractivity contribution in [1.29, 1.82) is 0 Å². The van der Waals surface area contributed by atoms with Crippen molar-refractivity contribution in [2.75, 3.05) is 0 Å². The smallest absolute Gasteiger partial charge is 0.269 e. The molecule has 0 spiro atoms. The molecule has 0 fully saturated rings. The minimum atomic E-state index is -0.904. The summed E-state index contributed by atoms with van der Waals surface area (Å²) in [7, 11) is 0. The predicted molar refractivity (Wildman–Crippen MR) is 97.2 cm³/mol. The van der Waals surface area contributed by atoms with Crippen LogP contribution in [0.2, 0.25) is 0 Å².